The number of azide groups is 1. The second-order valence-corrected chi connectivity index (χ2v) is 35.4. The van der Waals surface area contributed by atoms with Gasteiger partial charge in [-0.1, -0.05) is 181 Å². The quantitative estimate of drug-likeness (QED) is 0.00571. The molecule has 4 saturated heterocycles. The molecular weight excluding hydrogens is 1930 g/mol. The van der Waals surface area contributed by atoms with Gasteiger partial charge in [-0.3, -0.25) is 9.59 Å². The van der Waals surface area contributed by atoms with Gasteiger partial charge in [0.2, 0.25) is 11.8 Å². The topological polar surface area (TPSA) is 808 Å². The minimum Gasteiger partial charge on any atom is -0.445 e. The molecule has 2 aliphatic carbocycles. The van der Waals surface area contributed by atoms with Crippen LogP contribution in [0.25, 0.3) is 10.4 Å². The molecule has 5 aromatic rings. The fraction of sp³-hybridized carbons (Fsp3) is 0.564. The predicted octanol–water partition coefficient (Wildman–Crippen LogP) is -5.20. The molecule has 0 radical (unpaired) electrons. The summed E-state index contributed by atoms with van der Waals surface area (Å²) in [5, 5.41) is 156. The van der Waals surface area contributed by atoms with E-state index < -0.39 is 289 Å². The fourth-order valence-corrected chi connectivity index (χ4v) is 17.1. The average Bonchev–Trinajstić information content (AvgIpc) is 1.50. The summed E-state index contributed by atoms with van der Waals surface area (Å²) in [4.78, 5) is 96.3. The van der Waals surface area contributed by atoms with Crippen LogP contribution in [0.15, 0.2) is 181 Å². The van der Waals surface area contributed by atoms with Gasteiger partial charge in [0.05, 0.1) is 62.2 Å². The molecule has 52 heteroatoms. The highest BCUT2D eigenvalue weighted by Crippen LogP contribution is 2.39. The number of aliphatic hydroxyl groups excluding tert-OH is 12. The molecule has 7 amide bonds. The van der Waals surface area contributed by atoms with Crippen molar-refractivity contribution >= 4 is 42.3 Å². The highest BCUT2D eigenvalue weighted by molar-refractivity contribution is 5.81. The first-order valence-electron chi connectivity index (χ1n) is 47.4. The zero-order valence-corrected chi connectivity index (χ0v) is 79.0. The van der Waals surface area contributed by atoms with Crippen molar-refractivity contribution in [3.8, 4) is 0 Å². The number of hydrogen-bond donors (Lipinski definition) is 25. The monoisotopic (exact) mass is 2060 g/mol. The molecule has 0 aromatic heterocycles. The van der Waals surface area contributed by atoms with Crippen molar-refractivity contribution in [3.05, 3.63) is 214 Å². The Kier molecular flexibility index (Phi) is 43.9. The van der Waals surface area contributed by atoms with Crippen molar-refractivity contribution in [1.82, 2.24) is 37.2 Å². The summed E-state index contributed by atoms with van der Waals surface area (Å²) in [5.41, 5.74) is 48.0. The summed E-state index contributed by atoms with van der Waals surface area (Å²) in [7, 11) is 0. The van der Waals surface area contributed by atoms with Gasteiger partial charge >= 0.3 is 30.5 Å². The number of hydrogen-bond acceptors (Lipinski definition) is 43. The molecule has 8 aliphatic rings. The Morgan fingerprint density at radius 2 is 0.808 bits per heavy atom. The zero-order valence-electron chi connectivity index (χ0n) is 79.0. The Balaban J connectivity index is 0.000000336. The fourth-order valence-electron chi connectivity index (χ4n) is 17.1. The van der Waals surface area contributed by atoms with Crippen LogP contribution in [0.3, 0.4) is 0 Å². The Morgan fingerprint density at radius 3 is 1.30 bits per heavy atom. The largest absolute Gasteiger partial charge is 0.445 e. The normalized spacial score (nSPS) is 33.4. The molecule has 31 N–H and O–H groups in total. The molecule has 13 rings (SSSR count). The minimum absolute atomic E-state index is 0.0263. The molecule has 36 atom stereocenters. The van der Waals surface area contributed by atoms with Crippen LogP contribution in [0.5, 0.6) is 0 Å². The van der Waals surface area contributed by atoms with E-state index in [1.165, 1.54) is 12.2 Å². The van der Waals surface area contributed by atoms with Gasteiger partial charge in [0, 0.05) is 37.1 Å². The van der Waals surface area contributed by atoms with Gasteiger partial charge in [-0.05, 0) is 65.6 Å². The molecule has 0 unspecified atom stereocenters. The summed E-state index contributed by atoms with van der Waals surface area (Å²) in [5.74, 6) is -1.88. The highest BCUT2D eigenvalue weighted by Gasteiger charge is 2.59. The van der Waals surface area contributed by atoms with Crippen LogP contribution >= 0.6 is 0 Å². The van der Waals surface area contributed by atoms with Gasteiger partial charge in [0.15, 0.2) is 37.7 Å². The zero-order chi connectivity index (χ0) is 105. The number of carbonyl (C=O) groups is 7. The maximum atomic E-state index is 14.1. The Bertz CT molecular complexity index is 4980. The molecule has 52 nitrogen and oxygen atoms in total. The Morgan fingerprint density at radius 1 is 0.390 bits per heavy atom. The maximum Gasteiger partial charge on any atom is 0.408 e. The van der Waals surface area contributed by atoms with Crippen molar-refractivity contribution < 1.29 is 175 Å². The lowest BCUT2D eigenvalue weighted by atomic mass is 9.83. The third kappa shape index (κ3) is 31.8. The summed E-state index contributed by atoms with van der Waals surface area (Å²) in [6.45, 7) is -3.64. The van der Waals surface area contributed by atoms with Gasteiger partial charge in [0.1, 0.15) is 167 Å². The first-order chi connectivity index (χ1) is 70.4. The van der Waals surface area contributed by atoms with E-state index >= 15 is 0 Å². The molecule has 6 fully saturated rings. The average molecular weight is 2060 g/mol. The van der Waals surface area contributed by atoms with Gasteiger partial charge in [-0.2, -0.15) is 0 Å². The third-order valence-corrected chi connectivity index (χ3v) is 25.0. The third-order valence-electron chi connectivity index (χ3n) is 25.0. The Hall–Kier alpha value is -11.0. The Labute approximate surface area is 836 Å². The van der Waals surface area contributed by atoms with Crippen molar-refractivity contribution in [1.29, 1.82) is 0 Å². The van der Waals surface area contributed by atoms with E-state index in [0.717, 1.165) is 0 Å². The number of nitrogens with two attached hydrogens (primary N) is 6. The molecule has 0 bridgehead atoms. The van der Waals surface area contributed by atoms with Crippen LogP contribution in [0.2, 0.25) is 0 Å². The summed E-state index contributed by atoms with van der Waals surface area (Å²) >= 11 is 0. The van der Waals surface area contributed by atoms with Crippen LogP contribution < -0.4 is 71.6 Å². The van der Waals surface area contributed by atoms with E-state index in [9.17, 15) is 100 Å². The second kappa shape index (κ2) is 56.4. The first kappa shape index (κ1) is 114. The number of carbonyl (C=O) groups excluding carboxylic acids is 7. The SMILES string of the molecule is NCC[C@H](O)C(=O)N[C@@H]1C[C@H](N)[C@@H](O[C@H]2O[C@H](CN)C=C[C@H]2N)[C@H](O[C@@H]2O[C@H](CO)[C@@H](O[C@H]3O[C@@H](CN)[C@@H](O)[C@H](O)[C@H]3N)[C@H]2O)[C@H]1O.[N-]=[N+]=NC[C@@H]1C=C[C@@H](NC(=O)OCc2ccccc2)[C@@H](O[C@H]2[C@H](O[C@@H]3O[C@H](CO)[C@@H](O[C@H]4O[C@@H](CNC(=O)OCc5ccccc5)[C@@H](O)[C@H](O)[C@H]4NC(=O)OCc4ccccc4)[C@H]3O)[C@@H](O)[C@H](NC(=O)[C@@H](O)CCNC(=O)OCc3ccccc3)C[C@@H]2NC(=O)OCc2ccccc2)O1. The van der Waals surface area contributed by atoms with Crippen LogP contribution in [0.4, 0.5) is 24.0 Å². The molecule has 146 heavy (non-hydrogen) atoms. The molecule has 0 spiro atoms. The van der Waals surface area contributed by atoms with E-state index in [4.69, 9.17) is 115 Å². The van der Waals surface area contributed by atoms with E-state index in [1.54, 1.807) is 164 Å². The van der Waals surface area contributed by atoms with Crippen molar-refractivity contribution in [3.63, 3.8) is 0 Å². The van der Waals surface area contributed by atoms with E-state index in [0.29, 0.717) is 27.8 Å². The van der Waals surface area contributed by atoms with Crippen LogP contribution in [-0.4, -0.2) is 376 Å². The standard InChI is InChI=1S/C67H79N9O23.C27H51N7O13/c68-76-71-31-44-26-27-45(73-65(86)91-36-41-20-10-3-11-21-41)60(94-44)97-56-47(74-66(87)92-37-42-22-12-4-13-23-42)30-46(72-59(83)48(78)28-29-69-63(84)89-34-39-16-6-1-7-17-39)52(79)58(56)99-62-55(82)57(50(33-77)96-62)98-61-51(75-67(88)93-38-43-24-14-5-15-25-43)54(81)53(80)49(95-61)32-70-64(85)90-35-40-18-8-2-9-19-40;28-4-3-13(36)24(41)34-12-5-11(32)21(45-25-10(31)2-1-9(6-29)42-25)23(17(12)37)47-27-20(40)22(15(8-35)44-27)46-26-16(33)19(39)18(38)14(7-30)43-26/h1-27,44-58,60-62,77-82H,28-38H2,(H,69,84)(H,70,85)(H,72,83)(H,73,86)(H,74,87)(H,75,88);1-2,9-23,25-27,35-40H,3-8,28-33H2,(H,34,41)/t44-,45+,46+,47-,48-,49-,50+,51+,52-,53+,54+,55+,56+,57+,58+,60+,61+,62-;9-,10+,11-,12+,13-,14-,15+,16+,17-,18+,19+,20+,21+,22+,23+,25+,26+,27-/m00/s1. The van der Waals surface area contributed by atoms with Crippen molar-refractivity contribution in [2.45, 2.75) is 279 Å². The lowest BCUT2D eigenvalue weighted by Gasteiger charge is -2.47. The number of benzene rings is 5. The van der Waals surface area contributed by atoms with Crippen molar-refractivity contribution in [2.75, 3.05) is 52.5 Å². The first-order valence-corrected chi connectivity index (χ1v) is 47.4. The number of amides is 7. The minimum atomic E-state index is -2.08. The molecule has 6 aliphatic heterocycles. The number of nitrogens with zero attached hydrogens (tertiary/aromatic N) is 3. The summed E-state index contributed by atoms with van der Waals surface area (Å²) in [6.07, 6.45) is -42.9. The molecule has 2 saturated carbocycles. The highest BCUT2D eigenvalue weighted by atomic mass is 16.8. The summed E-state index contributed by atoms with van der Waals surface area (Å²) in [6, 6.07) is 33.3. The van der Waals surface area contributed by atoms with Gasteiger partial charge < -0.3 is 213 Å². The number of nitrogens with one attached hydrogen (secondary N) is 7. The summed E-state index contributed by atoms with van der Waals surface area (Å²) < 4.78 is 101. The molecule has 6 heterocycles. The number of aliphatic hydroxyl groups is 12. The van der Waals surface area contributed by atoms with E-state index in [1.807, 2.05) is 0 Å². The van der Waals surface area contributed by atoms with Gasteiger partial charge in [-0.15, -0.1) is 0 Å². The van der Waals surface area contributed by atoms with Crippen LogP contribution in [0, 0.1) is 0 Å². The number of ether oxygens (including phenoxy) is 17. The van der Waals surface area contributed by atoms with Crippen molar-refractivity contribution in [2.24, 2.45) is 39.5 Å². The second-order valence-electron chi connectivity index (χ2n) is 35.4. The lowest BCUT2D eigenvalue weighted by Crippen LogP contribution is -2.68. The van der Waals surface area contributed by atoms with Crippen LogP contribution in [-0.2, 0) is 123 Å². The van der Waals surface area contributed by atoms with E-state index in [-0.39, 0.29) is 85.0 Å². The lowest BCUT2D eigenvalue weighted by molar-refractivity contribution is -0.287. The predicted molar refractivity (Wildman–Crippen MR) is 501 cm³/mol. The van der Waals surface area contributed by atoms with Gasteiger partial charge in [0.25, 0.3) is 0 Å². The molecule has 802 valence electrons. The molecule has 5 aromatic carbocycles. The van der Waals surface area contributed by atoms with Crippen LogP contribution in [0.1, 0.15) is 53.5 Å². The molecular formula is C94H130N16O36. The number of rotatable bonds is 42. The van der Waals surface area contributed by atoms with E-state index in [2.05, 4.69) is 47.2 Å². The maximum absolute atomic E-state index is 14.1. The smallest absolute Gasteiger partial charge is 0.408 e. The number of alkyl carbamates (subject to hydrolysis) is 5. The van der Waals surface area contributed by atoms with Gasteiger partial charge in [-0.25, -0.2) is 24.0 Å².